The summed E-state index contributed by atoms with van der Waals surface area (Å²) in [5.41, 5.74) is 1.17. The summed E-state index contributed by atoms with van der Waals surface area (Å²) in [4.78, 5) is 36.8. The van der Waals surface area contributed by atoms with E-state index >= 15 is 0 Å². The number of carbonyl (C=O) groups excluding carboxylic acids is 1. The van der Waals surface area contributed by atoms with Gasteiger partial charge in [0.25, 0.3) is 0 Å². The quantitative estimate of drug-likeness (QED) is 0.267. The molecule has 0 saturated heterocycles. The van der Waals surface area contributed by atoms with Gasteiger partial charge in [-0.1, -0.05) is 19.8 Å². The van der Waals surface area contributed by atoms with Crippen molar-refractivity contribution in [2.75, 3.05) is 31.4 Å². The van der Waals surface area contributed by atoms with Crippen LogP contribution in [0, 0.1) is 0 Å². The van der Waals surface area contributed by atoms with Crippen molar-refractivity contribution < 1.29 is 24.2 Å². The maximum absolute atomic E-state index is 11.6. The van der Waals surface area contributed by atoms with Crippen LogP contribution < -0.4 is 25.4 Å². The summed E-state index contributed by atoms with van der Waals surface area (Å²) in [5, 5.41) is 19.0. The van der Waals surface area contributed by atoms with Crippen molar-refractivity contribution in [2.24, 2.45) is 0 Å². The second-order valence-electron chi connectivity index (χ2n) is 9.02. The van der Waals surface area contributed by atoms with Gasteiger partial charge in [0.1, 0.15) is 17.0 Å². The van der Waals surface area contributed by atoms with Crippen LogP contribution in [0.2, 0.25) is 0 Å². The Bertz CT molecular complexity index is 1270. The molecule has 1 atom stereocenters. The van der Waals surface area contributed by atoms with Crippen LogP contribution in [0.25, 0.3) is 11.0 Å². The first-order valence-corrected chi connectivity index (χ1v) is 12.1. The average molecular weight is 511 g/mol. The Hall–Kier alpha value is -4.15. The number of rotatable bonds is 13. The topological polar surface area (TPSA) is 148 Å². The minimum absolute atomic E-state index is 0.0203. The highest BCUT2D eigenvalue weighted by Gasteiger charge is 2.26. The summed E-state index contributed by atoms with van der Waals surface area (Å²) in [6.45, 7) is 6.32. The largest absolute Gasteiger partial charge is 0.497 e. The molecule has 0 aliphatic heterocycles. The number of amides is 1. The predicted octanol–water partition coefficient (Wildman–Crippen LogP) is 3.85. The van der Waals surface area contributed by atoms with Crippen LogP contribution in [0.3, 0.4) is 0 Å². The van der Waals surface area contributed by atoms with Crippen molar-refractivity contribution in [1.29, 1.82) is 0 Å². The SMILES string of the molecule is CCCC[C@](C)(CNC(C)=O)Nc1nc(NCc2ccc(OC)cc2OC)nc2cc(C(=O)O)cnc12. The average Bonchev–Trinajstić information content (AvgIpc) is 2.89. The predicted molar refractivity (Wildman–Crippen MR) is 141 cm³/mol. The number of nitrogens with zero attached hydrogens (tertiary/aromatic N) is 3. The van der Waals surface area contributed by atoms with Gasteiger partial charge in [-0.25, -0.2) is 14.8 Å². The molecule has 37 heavy (non-hydrogen) atoms. The van der Waals surface area contributed by atoms with Gasteiger partial charge < -0.3 is 30.5 Å². The summed E-state index contributed by atoms with van der Waals surface area (Å²) in [7, 11) is 3.17. The van der Waals surface area contributed by atoms with Gasteiger partial charge in [0.05, 0.1) is 30.8 Å². The summed E-state index contributed by atoms with van der Waals surface area (Å²) in [6.07, 6.45) is 3.98. The maximum atomic E-state index is 11.6. The molecule has 198 valence electrons. The number of nitrogens with one attached hydrogen (secondary N) is 3. The molecule has 1 amide bonds. The third-order valence-electron chi connectivity index (χ3n) is 5.94. The van der Waals surface area contributed by atoms with E-state index in [4.69, 9.17) is 9.47 Å². The van der Waals surface area contributed by atoms with Gasteiger partial charge in [-0.15, -0.1) is 0 Å². The molecule has 2 aromatic heterocycles. The third kappa shape index (κ3) is 7.18. The van der Waals surface area contributed by atoms with E-state index < -0.39 is 11.5 Å². The van der Waals surface area contributed by atoms with Gasteiger partial charge in [-0.3, -0.25) is 4.79 Å². The molecule has 0 bridgehead atoms. The zero-order valence-corrected chi connectivity index (χ0v) is 21.8. The standard InChI is InChI=1S/C26H34N6O5/c1-6-7-10-26(3,15-29-16(2)33)32-23-22-20(11-18(14-27-22)24(34)35)30-25(31-23)28-13-17-8-9-19(36-4)12-21(17)37-5/h8-9,11-12,14H,6-7,10,13,15H2,1-5H3,(H,29,33)(H,34,35)(H2,28,30,31,32)/t26-/m1/s1. The lowest BCUT2D eigenvalue weighted by Gasteiger charge is -2.32. The summed E-state index contributed by atoms with van der Waals surface area (Å²) >= 11 is 0. The first-order chi connectivity index (χ1) is 17.7. The fraction of sp³-hybridized carbons (Fsp3) is 0.423. The lowest BCUT2D eigenvalue weighted by Crippen LogP contribution is -2.46. The fourth-order valence-electron chi connectivity index (χ4n) is 3.84. The van der Waals surface area contributed by atoms with Crippen LogP contribution in [0.1, 0.15) is 56.0 Å². The molecule has 0 fully saturated rings. The van der Waals surface area contributed by atoms with E-state index in [0.29, 0.717) is 41.4 Å². The van der Waals surface area contributed by atoms with Gasteiger partial charge in [0, 0.05) is 37.8 Å². The molecule has 3 aromatic rings. The molecule has 0 radical (unpaired) electrons. The van der Waals surface area contributed by atoms with Gasteiger partial charge in [0.15, 0.2) is 5.82 Å². The van der Waals surface area contributed by atoms with Crippen LogP contribution in [0.15, 0.2) is 30.5 Å². The van der Waals surface area contributed by atoms with Gasteiger partial charge in [-0.05, 0) is 31.5 Å². The normalized spacial score (nSPS) is 12.5. The number of hydrogen-bond donors (Lipinski definition) is 4. The van der Waals surface area contributed by atoms with E-state index in [1.54, 1.807) is 20.3 Å². The van der Waals surface area contributed by atoms with Gasteiger partial charge >= 0.3 is 5.97 Å². The molecule has 4 N–H and O–H groups in total. The maximum Gasteiger partial charge on any atom is 0.337 e. The fourth-order valence-corrected chi connectivity index (χ4v) is 3.84. The number of methoxy groups -OCH3 is 2. The first kappa shape index (κ1) is 27.4. The molecule has 1 aromatic carbocycles. The molecule has 11 nitrogen and oxygen atoms in total. The molecule has 0 aliphatic rings. The van der Waals surface area contributed by atoms with E-state index in [0.717, 1.165) is 24.8 Å². The lowest BCUT2D eigenvalue weighted by atomic mass is 9.94. The summed E-state index contributed by atoms with van der Waals surface area (Å²) < 4.78 is 10.7. The Labute approximate surface area is 216 Å². The van der Waals surface area contributed by atoms with Crippen LogP contribution in [0.4, 0.5) is 11.8 Å². The number of anilines is 2. The van der Waals surface area contributed by atoms with Crippen LogP contribution in [-0.4, -0.2) is 58.2 Å². The number of carbonyl (C=O) groups is 2. The van der Waals surface area contributed by atoms with Crippen LogP contribution in [-0.2, 0) is 11.3 Å². The highest BCUT2D eigenvalue weighted by molar-refractivity contribution is 5.94. The zero-order chi connectivity index (χ0) is 27.0. The molecule has 0 unspecified atom stereocenters. The van der Waals surface area contributed by atoms with Crippen molar-refractivity contribution in [3.63, 3.8) is 0 Å². The number of benzene rings is 1. The van der Waals surface area contributed by atoms with Crippen molar-refractivity contribution in [3.05, 3.63) is 41.6 Å². The number of fused-ring (bicyclic) bond motifs is 1. The summed E-state index contributed by atoms with van der Waals surface area (Å²) in [6, 6.07) is 6.96. The molecule has 3 rings (SSSR count). The van der Waals surface area contributed by atoms with Gasteiger partial charge in [0.2, 0.25) is 11.9 Å². The van der Waals surface area contributed by atoms with E-state index in [1.165, 1.54) is 19.2 Å². The van der Waals surface area contributed by atoms with E-state index in [-0.39, 0.29) is 17.4 Å². The number of unbranched alkanes of at least 4 members (excludes halogenated alkanes) is 1. The van der Waals surface area contributed by atoms with E-state index in [1.807, 2.05) is 19.1 Å². The third-order valence-corrected chi connectivity index (χ3v) is 5.94. The lowest BCUT2D eigenvalue weighted by molar-refractivity contribution is -0.119. The number of ether oxygens (including phenoxy) is 2. The second-order valence-corrected chi connectivity index (χ2v) is 9.02. The van der Waals surface area contributed by atoms with Crippen molar-refractivity contribution in [2.45, 2.75) is 52.1 Å². The zero-order valence-electron chi connectivity index (χ0n) is 21.8. The number of carboxylic acid groups (broad SMARTS) is 1. The van der Waals surface area contributed by atoms with Crippen molar-refractivity contribution in [1.82, 2.24) is 20.3 Å². The summed E-state index contributed by atoms with van der Waals surface area (Å²) in [5.74, 6) is 0.815. The molecule has 0 spiro atoms. The molecule has 2 heterocycles. The van der Waals surface area contributed by atoms with Crippen LogP contribution >= 0.6 is 0 Å². The molecular formula is C26H34N6O5. The number of pyridine rings is 1. The molecule has 11 heteroatoms. The molecule has 0 aliphatic carbocycles. The monoisotopic (exact) mass is 510 g/mol. The van der Waals surface area contributed by atoms with Crippen molar-refractivity contribution >= 4 is 34.7 Å². The minimum Gasteiger partial charge on any atom is -0.497 e. The number of aromatic nitrogens is 3. The van der Waals surface area contributed by atoms with Gasteiger partial charge in [-0.2, -0.15) is 4.98 Å². The molecule has 0 saturated carbocycles. The van der Waals surface area contributed by atoms with E-state index in [2.05, 4.69) is 37.8 Å². The minimum atomic E-state index is -1.10. The Morgan fingerprint density at radius 3 is 2.57 bits per heavy atom. The Morgan fingerprint density at radius 1 is 1.14 bits per heavy atom. The number of carboxylic acids is 1. The highest BCUT2D eigenvalue weighted by Crippen LogP contribution is 2.28. The second kappa shape index (κ2) is 12.2. The Kier molecular flexibility index (Phi) is 9.05. The first-order valence-electron chi connectivity index (χ1n) is 12.1. The van der Waals surface area contributed by atoms with Crippen molar-refractivity contribution in [3.8, 4) is 11.5 Å². The molecular weight excluding hydrogens is 476 g/mol. The van der Waals surface area contributed by atoms with Crippen LogP contribution in [0.5, 0.6) is 11.5 Å². The smallest absolute Gasteiger partial charge is 0.337 e. The number of hydrogen-bond acceptors (Lipinski definition) is 9. The number of aromatic carboxylic acids is 1. The highest BCUT2D eigenvalue weighted by atomic mass is 16.5. The van der Waals surface area contributed by atoms with E-state index in [9.17, 15) is 14.7 Å². The Morgan fingerprint density at radius 2 is 1.92 bits per heavy atom. The Balaban J connectivity index is 2.00.